The van der Waals surface area contributed by atoms with Gasteiger partial charge in [-0.3, -0.25) is 4.79 Å². The van der Waals surface area contributed by atoms with Gasteiger partial charge in [0.15, 0.2) is 23.9 Å². The molecule has 1 aromatic heterocycles. The van der Waals surface area contributed by atoms with Gasteiger partial charge in [-0.15, -0.1) is 0 Å². The highest BCUT2D eigenvalue weighted by Crippen LogP contribution is 2.36. The first-order valence-electron chi connectivity index (χ1n) is 7.71. The summed E-state index contributed by atoms with van der Waals surface area (Å²) in [6, 6.07) is 4.65. The number of carbonyl (C=O) groups is 2. The van der Waals surface area contributed by atoms with Crippen LogP contribution in [0.15, 0.2) is 30.5 Å². The summed E-state index contributed by atoms with van der Waals surface area (Å²) in [6.07, 6.45) is 3.94. The average Bonchev–Trinajstić information content (AvgIpc) is 2.66. The number of halogens is 3. The van der Waals surface area contributed by atoms with Crippen molar-refractivity contribution in [2.24, 2.45) is 0 Å². The number of rotatable bonds is 7. The predicted molar refractivity (Wildman–Crippen MR) is 107 cm³/mol. The topological polar surface area (TPSA) is 86.8 Å². The smallest absolute Gasteiger partial charge is 0.331 e. The Morgan fingerprint density at radius 3 is 2.50 bits per heavy atom. The zero-order chi connectivity index (χ0) is 20.7. The van der Waals surface area contributed by atoms with Crippen LogP contribution < -0.4 is 14.8 Å². The van der Waals surface area contributed by atoms with Crippen LogP contribution in [0.1, 0.15) is 5.56 Å². The number of ether oxygens (including phenoxy) is 3. The van der Waals surface area contributed by atoms with Crippen molar-refractivity contribution < 1.29 is 23.8 Å². The second kappa shape index (κ2) is 10.2. The van der Waals surface area contributed by atoms with Gasteiger partial charge in [-0.25, -0.2) is 9.78 Å². The second-order valence-corrected chi connectivity index (χ2v) is 6.46. The Kier molecular flexibility index (Phi) is 7.92. The maximum atomic E-state index is 11.8. The fourth-order valence-corrected chi connectivity index (χ4v) is 2.78. The lowest BCUT2D eigenvalue weighted by Gasteiger charge is -2.10. The summed E-state index contributed by atoms with van der Waals surface area (Å²) in [5.74, 6) is -0.420. The largest absolute Gasteiger partial charge is 0.493 e. The van der Waals surface area contributed by atoms with Gasteiger partial charge in [0.05, 0.1) is 29.3 Å². The number of benzene rings is 1. The molecular weight excluding hydrogens is 431 g/mol. The van der Waals surface area contributed by atoms with Crippen LogP contribution in [0.2, 0.25) is 15.1 Å². The van der Waals surface area contributed by atoms with E-state index in [4.69, 9.17) is 49.0 Å². The standard InChI is InChI=1S/C18H15Cl3N2O5/c1-26-14-6-10(5-12(20)17(14)27-2)3-4-16(25)28-9-15(24)23-18-13(21)7-11(19)8-22-18/h3-8H,9H2,1-2H3,(H,22,23,24). The zero-order valence-electron chi connectivity index (χ0n) is 14.8. The number of hydrogen-bond donors (Lipinski definition) is 1. The monoisotopic (exact) mass is 444 g/mol. The molecule has 0 radical (unpaired) electrons. The van der Waals surface area contributed by atoms with Crippen molar-refractivity contribution in [1.82, 2.24) is 4.98 Å². The van der Waals surface area contributed by atoms with E-state index in [9.17, 15) is 9.59 Å². The summed E-state index contributed by atoms with van der Waals surface area (Å²) in [6.45, 7) is -0.517. The Bertz CT molecular complexity index is 918. The van der Waals surface area contributed by atoms with Crippen LogP contribution in [0.25, 0.3) is 6.08 Å². The minimum atomic E-state index is -0.726. The average molecular weight is 446 g/mol. The maximum Gasteiger partial charge on any atom is 0.331 e. The summed E-state index contributed by atoms with van der Waals surface area (Å²) >= 11 is 17.7. The molecule has 0 saturated carbocycles. The molecule has 1 heterocycles. The summed E-state index contributed by atoms with van der Waals surface area (Å²) in [5.41, 5.74) is 0.584. The molecule has 1 aromatic carbocycles. The minimum Gasteiger partial charge on any atom is -0.493 e. The SMILES string of the molecule is COc1cc(C=CC(=O)OCC(=O)Nc2ncc(Cl)cc2Cl)cc(Cl)c1OC. The Morgan fingerprint density at radius 2 is 1.86 bits per heavy atom. The van der Waals surface area contributed by atoms with Gasteiger partial charge >= 0.3 is 5.97 Å². The van der Waals surface area contributed by atoms with E-state index in [-0.39, 0.29) is 10.8 Å². The van der Waals surface area contributed by atoms with Gasteiger partial charge in [-0.1, -0.05) is 34.8 Å². The first-order chi connectivity index (χ1) is 13.3. The number of methoxy groups -OCH3 is 2. The van der Waals surface area contributed by atoms with E-state index < -0.39 is 18.5 Å². The molecule has 0 unspecified atom stereocenters. The molecule has 2 aromatic rings. The molecule has 0 aliphatic carbocycles. The van der Waals surface area contributed by atoms with Crippen molar-refractivity contribution in [3.05, 3.63) is 51.1 Å². The molecule has 10 heteroatoms. The number of amides is 1. The summed E-state index contributed by atoms with van der Waals surface area (Å²) in [5, 5.41) is 3.23. The molecule has 148 valence electrons. The maximum absolute atomic E-state index is 11.8. The lowest BCUT2D eigenvalue weighted by molar-refractivity contribution is -0.142. The minimum absolute atomic E-state index is 0.114. The summed E-state index contributed by atoms with van der Waals surface area (Å²) < 4.78 is 15.2. The Hall–Kier alpha value is -2.48. The molecule has 0 spiro atoms. The van der Waals surface area contributed by atoms with E-state index in [1.807, 2.05) is 0 Å². The summed E-state index contributed by atoms with van der Waals surface area (Å²) in [7, 11) is 2.94. The molecule has 0 aliphatic rings. The highest BCUT2D eigenvalue weighted by Gasteiger charge is 2.11. The van der Waals surface area contributed by atoms with Crippen LogP contribution in [0.4, 0.5) is 5.82 Å². The fraction of sp³-hybridized carbons (Fsp3) is 0.167. The van der Waals surface area contributed by atoms with Crippen LogP contribution in [0.3, 0.4) is 0 Å². The zero-order valence-corrected chi connectivity index (χ0v) is 17.1. The van der Waals surface area contributed by atoms with Gasteiger partial charge in [0.2, 0.25) is 0 Å². The van der Waals surface area contributed by atoms with Gasteiger partial charge in [-0.05, 0) is 29.8 Å². The van der Waals surface area contributed by atoms with E-state index in [1.54, 1.807) is 12.1 Å². The van der Waals surface area contributed by atoms with E-state index >= 15 is 0 Å². The van der Waals surface area contributed by atoms with Crippen LogP contribution in [-0.4, -0.2) is 37.7 Å². The number of anilines is 1. The number of nitrogens with one attached hydrogen (secondary N) is 1. The van der Waals surface area contributed by atoms with Crippen LogP contribution >= 0.6 is 34.8 Å². The van der Waals surface area contributed by atoms with Gasteiger partial charge < -0.3 is 19.5 Å². The van der Waals surface area contributed by atoms with E-state index in [0.717, 1.165) is 6.08 Å². The number of carbonyl (C=O) groups excluding carboxylic acids is 2. The molecule has 1 amide bonds. The highest BCUT2D eigenvalue weighted by atomic mass is 35.5. The Morgan fingerprint density at radius 1 is 1.11 bits per heavy atom. The van der Waals surface area contributed by atoms with Gasteiger partial charge in [0, 0.05) is 12.3 Å². The van der Waals surface area contributed by atoms with Crippen LogP contribution in [-0.2, 0) is 14.3 Å². The van der Waals surface area contributed by atoms with Crippen molar-refractivity contribution in [1.29, 1.82) is 0 Å². The van der Waals surface area contributed by atoms with Gasteiger partial charge in [0.1, 0.15) is 0 Å². The third-order valence-electron chi connectivity index (χ3n) is 3.28. The third-order valence-corrected chi connectivity index (χ3v) is 4.05. The Balaban J connectivity index is 1.93. The normalized spacial score (nSPS) is 10.6. The lowest BCUT2D eigenvalue weighted by Crippen LogP contribution is -2.20. The van der Waals surface area contributed by atoms with Gasteiger partial charge in [0.25, 0.3) is 5.91 Å². The first-order valence-corrected chi connectivity index (χ1v) is 8.84. The number of aromatic nitrogens is 1. The molecule has 28 heavy (non-hydrogen) atoms. The third kappa shape index (κ3) is 6.02. The first kappa shape index (κ1) is 21.8. The van der Waals surface area contributed by atoms with Crippen molar-refractivity contribution in [2.45, 2.75) is 0 Å². The van der Waals surface area contributed by atoms with Gasteiger partial charge in [-0.2, -0.15) is 0 Å². The number of esters is 1. The summed E-state index contributed by atoms with van der Waals surface area (Å²) in [4.78, 5) is 27.5. The molecule has 0 saturated heterocycles. The van der Waals surface area contributed by atoms with E-state index in [1.165, 1.54) is 32.6 Å². The highest BCUT2D eigenvalue weighted by molar-refractivity contribution is 6.36. The molecule has 0 bridgehead atoms. The lowest BCUT2D eigenvalue weighted by atomic mass is 10.2. The molecule has 7 nitrogen and oxygen atoms in total. The fourth-order valence-electron chi connectivity index (χ4n) is 2.06. The second-order valence-electron chi connectivity index (χ2n) is 5.21. The van der Waals surface area contributed by atoms with Crippen molar-refractivity contribution >= 4 is 58.6 Å². The number of hydrogen-bond acceptors (Lipinski definition) is 6. The van der Waals surface area contributed by atoms with E-state index in [2.05, 4.69) is 10.3 Å². The van der Waals surface area contributed by atoms with Crippen molar-refractivity contribution in [3.63, 3.8) is 0 Å². The molecular formula is C18H15Cl3N2O5. The molecule has 0 fully saturated rings. The number of nitrogens with zero attached hydrogens (tertiary/aromatic N) is 1. The van der Waals surface area contributed by atoms with Crippen LogP contribution in [0, 0.1) is 0 Å². The van der Waals surface area contributed by atoms with Crippen molar-refractivity contribution in [3.8, 4) is 11.5 Å². The van der Waals surface area contributed by atoms with Crippen LogP contribution in [0.5, 0.6) is 11.5 Å². The molecule has 0 atom stereocenters. The molecule has 0 aliphatic heterocycles. The quantitative estimate of drug-likeness (QED) is 0.506. The van der Waals surface area contributed by atoms with Crippen molar-refractivity contribution in [2.75, 3.05) is 26.1 Å². The number of pyridine rings is 1. The predicted octanol–water partition coefficient (Wildman–Crippen LogP) is 4.25. The molecule has 1 N–H and O–H groups in total. The molecule has 2 rings (SSSR count). The van der Waals surface area contributed by atoms with E-state index in [0.29, 0.717) is 27.1 Å². The Labute approximate surface area is 176 Å².